The summed E-state index contributed by atoms with van der Waals surface area (Å²) in [6.07, 6.45) is 11.9. The summed E-state index contributed by atoms with van der Waals surface area (Å²) in [6, 6.07) is 22.1. The van der Waals surface area contributed by atoms with Gasteiger partial charge in [0.1, 0.15) is 17.3 Å². The van der Waals surface area contributed by atoms with Gasteiger partial charge >= 0.3 is 0 Å². The van der Waals surface area contributed by atoms with Crippen molar-refractivity contribution in [2.45, 2.75) is 118 Å². The van der Waals surface area contributed by atoms with Crippen molar-refractivity contribution in [1.82, 2.24) is 0 Å². The molecule has 0 saturated heterocycles. The van der Waals surface area contributed by atoms with Crippen LogP contribution in [0.25, 0.3) is 0 Å². The zero-order valence-corrected chi connectivity index (χ0v) is 27.0. The Bertz CT molecular complexity index is 1560. The predicted molar refractivity (Wildman–Crippen MR) is 176 cm³/mol. The number of phenolic OH excluding ortho intramolecular Hbond substituents is 2. The highest BCUT2D eigenvalue weighted by atomic mass is 32.2. The highest BCUT2D eigenvalue weighted by molar-refractivity contribution is 8.01. The van der Waals surface area contributed by atoms with Gasteiger partial charge in [-0.05, 0) is 146 Å². The van der Waals surface area contributed by atoms with Crippen LogP contribution >= 0.6 is 11.8 Å². The number of hydrogen-bond acceptors (Lipinski definition) is 5. The van der Waals surface area contributed by atoms with Gasteiger partial charge in [-0.3, -0.25) is 4.79 Å². The van der Waals surface area contributed by atoms with Crippen molar-refractivity contribution in [3.8, 4) is 11.5 Å². The summed E-state index contributed by atoms with van der Waals surface area (Å²) in [4.78, 5) is 13.0. The van der Waals surface area contributed by atoms with E-state index in [-0.39, 0.29) is 15.6 Å². The van der Waals surface area contributed by atoms with Gasteiger partial charge in [0.05, 0.1) is 5.60 Å². The first-order chi connectivity index (χ1) is 21.0. The van der Waals surface area contributed by atoms with Gasteiger partial charge in [0.25, 0.3) is 0 Å². The lowest BCUT2D eigenvalue weighted by Crippen LogP contribution is -2.51. The van der Waals surface area contributed by atoms with E-state index in [2.05, 4.69) is 50.2 Å². The van der Waals surface area contributed by atoms with Crippen LogP contribution in [-0.2, 0) is 17.6 Å². The zero-order chi connectivity index (χ0) is 30.7. The highest BCUT2D eigenvalue weighted by Crippen LogP contribution is 2.66. The van der Waals surface area contributed by atoms with Gasteiger partial charge in [0, 0.05) is 22.5 Å². The predicted octanol–water partition coefficient (Wildman–Crippen LogP) is 8.85. The van der Waals surface area contributed by atoms with Crippen LogP contribution < -0.4 is 0 Å². The molecule has 5 aliphatic carbocycles. The van der Waals surface area contributed by atoms with E-state index >= 15 is 0 Å². The number of aliphatic hydroxyl groups is 1. The smallest absolute Gasteiger partial charge is 0.133 e. The van der Waals surface area contributed by atoms with Gasteiger partial charge < -0.3 is 15.3 Å². The molecule has 0 bridgehead atoms. The second kappa shape index (κ2) is 10.9. The maximum Gasteiger partial charge on any atom is 0.133 e. The van der Waals surface area contributed by atoms with Gasteiger partial charge in [-0.1, -0.05) is 44.2 Å². The molecular formula is C39H46O4S. The Morgan fingerprint density at radius 1 is 0.682 bits per heavy atom. The Balaban J connectivity index is 0.000000158. The van der Waals surface area contributed by atoms with E-state index in [1.807, 2.05) is 36.0 Å². The molecule has 0 heterocycles. The number of ketones is 1. The maximum atomic E-state index is 11.9. The van der Waals surface area contributed by atoms with Gasteiger partial charge in [0.2, 0.25) is 0 Å². The SMILES string of the molecule is C[C@@]12CCc3cc(O)ccc3[C@H]1C[C@](O)(C1(Sc3ccccc3)CC1)CC2.C[C@]12CCC(=O)C[C@@H]1c1ccc(O)cc1CC2. The van der Waals surface area contributed by atoms with Crippen molar-refractivity contribution in [1.29, 1.82) is 0 Å². The number of rotatable bonds is 3. The van der Waals surface area contributed by atoms with Crippen molar-refractivity contribution >= 4 is 17.5 Å². The molecule has 0 aromatic heterocycles. The van der Waals surface area contributed by atoms with Gasteiger partial charge in [-0.25, -0.2) is 0 Å². The van der Waals surface area contributed by atoms with Crippen LogP contribution in [0.3, 0.4) is 0 Å². The second-order valence-electron chi connectivity index (χ2n) is 15.1. The zero-order valence-electron chi connectivity index (χ0n) is 26.1. The Kier molecular flexibility index (Phi) is 7.44. The maximum absolute atomic E-state index is 11.9. The lowest BCUT2D eigenvalue weighted by Gasteiger charge is -2.53. The first-order valence-electron chi connectivity index (χ1n) is 16.6. The van der Waals surface area contributed by atoms with E-state index in [4.69, 9.17) is 0 Å². The molecule has 0 aliphatic heterocycles. The number of carbonyl (C=O) groups excluding carboxylic acids is 1. The minimum atomic E-state index is -0.607. The van der Waals surface area contributed by atoms with E-state index < -0.39 is 5.60 Å². The number of aromatic hydroxyl groups is 2. The van der Waals surface area contributed by atoms with Crippen molar-refractivity contribution < 1.29 is 20.1 Å². The number of Topliss-reactive ketones (excluding diaryl/α,β-unsaturated/α-hetero) is 1. The van der Waals surface area contributed by atoms with E-state index in [0.29, 0.717) is 35.5 Å². The molecule has 8 rings (SSSR count). The summed E-state index contributed by atoms with van der Waals surface area (Å²) in [7, 11) is 0. The van der Waals surface area contributed by atoms with E-state index in [0.717, 1.165) is 70.6 Å². The number of thioether (sulfide) groups is 1. The summed E-state index contributed by atoms with van der Waals surface area (Å²) in [5.41, 5.74) is 5.13. The van der Waals surface area contributed by atoms with Crippen molar-refractivity contribution in [2.24, 2.45) is 10.8 Å². The lowest BCUT2D eigenvalue weighted by molar-refractivity contribution is -0.123. The molecule has 232 valence electrons. The summed E-state index contributed by atoms with van der Waals surface area (Å²) in [6.45, 7) is 4.73. The van der Waals surface area contributed by atoms with E-state index in [1.165, 1.54) is 27.1 Å². The van der Waals surface area contributed by atoms with Crippen LogP contribution in [0.5, 0.6) is 11.5 Å². The lowest BCUT2D eigenvalue weighted by atomic mass is 9.55. The summed E-state index contributed by atoms with van der Waals surface area (Å²) in [5, 5.41) is 31.3. The molecule has 0 unspecified atom stereocenters. The molecule has 5 aliphatic rings. The number of carbonyl (C=O) groups is 1. The van der Waals surface area contributed by atoms with Crippen LogP contribution in [0.15, 0.2) is 71.6 Å². The topological polar surface area (TPSA) is 77.8 Å². The molecule has 3 aromatic carbocycles. The minimum absolute atomic E-state index is 0.0236. The number of phenols is 2. The Morgan fingerprint density at radius 2 is 1.25 bits per heavy atom. The fraction of sp³-hybridized carbons (Fsp3) is 0.513. The molecular weight excluding hydrogens is 564 g/mol. The third kappa shape index (κ3) is 5.28. The quantitative estimate of drug-likeness (QED) is 0.276. The molecule has 3 N–H and O–H groups in total. The van der Waals surface area contributed by atoms with E-state index in [9.17, 15) is 20.1 Å². The van der Waals surface area contributed by atoms with Gasteiger partial charge in [0.15, 0.2) is 0 Å². The summed E-state index contributed by atoms with van der Waals surface area (Å²) < 4.78 is -0.0236. The molecule has 0 spiro atoms. The fourth-order valence-electron chi connectivity index (χ4n) is 9.14. The average Bonchev–Trinajstić information content (AvgIpc) is 3.80. The van der Waals surface area contributed by atoms with Crippen LogP contribution in [0, 0.1) is 10.8 Å². The highest BCUT2D eigenvalue weighted by Gasteiger charge is 2.63. The number of hydrogen-bond donors (Lipinski definition) is 3. The number of fused-ring (bicyclic) bond motifs is 6. The summed E-state index contributed by atoms with van der Waals surface area (Å²) in [5.74, 6) is 1.85. The third-order valence-electron chi connectivity index (χ3n) is 12.3. The minimum Gasteiger partial charge on any atom is -0.508 e. The first kappa shape index (κ1) is 29.9. The molecule has 0 amide bonds. The molecule has 5 heteroatoms. The number of benzene rings is 3. The van der Waals surface area contributed by atoms with Gasteiger partial charge in [-0.2, -0.15) is 0 Å². The van der Waals surface area contributed by atoms with Crippen molar-refractivity contribution in [2.75, 3.05) is 0 Å². The summed E-state index contributed by atoms with van der Waals surface area (Å²) >= 11 is 1.89. The molecule has 3 saturated carbocycles. The van der Waals surface area contributed by atoms with Crippen LogP contribution in [0.2, 0.25) is 0 Å². The van der Waals surface area contributed by atoms with Crippen LogP contribution in [-0.4, -0.2) is 31.5 Å². The van der Waals surface area contributed by atoms with Crippen LogP contribution in [0.1, 0.15) is 112 Å². The second-order valence-corrected chi connectivity index (χ2v) is 16.5. The molecule has 5 atom stereocenters. The average molecular weight is 611 g/mol. The Hall–Kier alpha value is -2.76. The molecule has 0 radical (unpaired) electrons. The fourth-order valence-corrected chi connectivity index (χ4v) is 10.6. The first-order valence-corrected chi connectivity index (χ1v) is 17.5. The van der Waals surface area contributed by atoms with Crippen molar-refractivity contribution in [3.05, 3.63) is 89.0 Å². The van der Waals surface area contributed by atoms with Crippen molar-refractivity contribution in [3.63, 3.8) is 0 Å². The van der Waals surface area contributed by atoms with E-state index in [1.54, 1.807) is 6.07 Å². The molecule has 3 aromatic rings. The van der Waals surface area contributed by atoms with Gasteiger partial charge in [-0.15, -0.1) is 11.8 Å². The Labute approximate surface area is 266 Å². The third-order valence-corrected chi connectivity index (χ3v) is 14.0. The Morgan fingerprint density at radius 3 is 1.86 bits per heavy atom. The normalized spacial score (nSPS) is 33.0. The standard InChI is InChI=1S/C24H28O2S.C15H18O2/c1-22-10-9-17-15-18(25)7-8-20(17)21(22)16-23(26,12-11-22)24(13-14-24)27-19-5-3-2-4-6-19;1-15-6-4-10-8-11(16)2-3-13(10)14(15)9-12(17)5-7-15/h2-8,15,21,25-26H,9-14,16H2,1H3;2-3,8,14,16H,4-7,9H2,1H3/t21-,22+,23+;14-,15+/m11/s1. The molecule has 4 nitrogen and oxygen atoms in total. The number of aryl methyl sites for hydroxylation is 2. The monoisotopic (exact) mass is 610 g/mol. The van der Waals surface area contributed by atoms with Crippen LogP contribution in [0.4, 0.5) is 0 Å². The molecule has 3 fully saturated rings. The largest absolute Gasteiger partial charge is 0.508 e. The molecule has 44 heavy (non-hydrogen) atoms.